The maximum absolute atomic E-state index is 14.2. The Morgan fingerprint density at radius 3 is 2.07 bits per heavy atom. The van der Waals surface area contributed by atoms with Gasteiger partial charge in [0.1, 0.15) is 12.6 Å². The number of aryl methyl sites for hydroxylation is 3. The molecule has 0 aliphatic heterocycles. The molecule has 0 bridgehead atoms. The number of amides is 2. The van der Waals surface area contributed by atoms with Crippen molar-refractivity contribution in [1.82, 2.24) is 10.2 Å². The summed E-state index contributed by atoms with van der Waals surface area (Å²) in [6.45, 7) is 11.2. The number of hydrogen-bond donors (Lipinski definition) is 1. The van der Waals surface area contributed by atoms with E-state index in [-0.39, 0.29) is 23.4 Å². The maximum Gasteiger partial charge on any atom is 0.264 e. The van der Waals surface area contributed by atoms with E-state index in [9.17, 15) is 18.0 Å². The molecule has 1 N–H and O–H groups in total. The number of rotatable bonds is 12. The minimum absolute atomic E-state index is 0.0135. The van der Waals surface area contributed by atoms with Gasteiger partial charge in [-0.2, -0.15) is 0 Å². The monoisotopic (exact) mass is 597 g/mol. The van der Waals surface area contributed by atoms with Crippen molar-refractivity contribution >= 4 is 39.1 Å². The molecule has 0 aromatic heterocycles. The van der Waals surface area contributed by atoms with E-state index in [0.717, 1.165) is 33.0 Å². The largest absolute Gasteiger partial charge is 0.352 e. The van der Waals surface area contributed by atoms with Gasteiger partial charge in [-0.3, -0.25) is 13.9 Å². The van der Waals surface area contributed by atoms with Gasteiger partial charge in [-0.05, 0) is 93.6 Å². The Labute approximate surface area is 249 Å². The molecule has 0 aliphatic rings. The van der Waals surface area contributed by atoms with Crippen LogP contribution in [0.25, 0.3) is 0 Å². The first-order valence-corrected chi connectivity index (χ1v) is 15.7. The third-order valence-electron chi connectivity index (χ3n) is 7.32. The highest BCUT2D eigenvalue weighted by atomic mass is 35.5. The van der Waals surface area contributed by atoms with Crippen LogP contribution >= 0.6 is 11.6 Å². The number of anilines is 1. The van der Waals surface area contributed by atoms with E-state index in [1.54, 1.807) is 12.1 Å². The van der Waals surface area contributed by atoms with E-state index in [0.29, 0.717) is 17.1 Å². The lowest BCUT2D eigenvalue weighted by molar-refractivity contribution is -0.140. The van der Waals surface area contributed by atoms with Crippen LogP contribution < -0.4 is 9.62 Å². The van der Waals surface area contributed by atoms with E-state index < -0.39 is 28.5 Å². The number of nitrogens with zero attached hydrogens (tertiary/aromatic N) is 2. The second kappa shape index (κ2) is 14.0. The average Bonchev–Trinajstić information content (AvgIpc) is 2.94. The zero-order valence-electron chi connectivity index (χ0n) is 24.6. The van der Waals surface area contributed by atoms with Crippen molar-refractivity contribution in [1.29, 1.82) is 0 Å². The molecular formula is C32H40ClN3O4S. The fourth-order valence-electron chi connectivity index (χ4n) is 4.39. The van der Waals surface area contributed by atoms with Gasteiger partial charge in [0, 0.05) is 17.6 Å². The topological polar surface area (TPSA) is 86.8 Å². The van der Waals surface area contributed by atoms with Crippen molar-refractivity contribution in [2.24, 2.45) is 0 Å². The van der Waals surface area contributed by atoms with Crippen LogP contribution in [0.3, 0.4) is 0 Å². The Bertz CT molecular complexity index is 1460. The molecule has 0 fully saturated rings. The average molecular weight is 598 g/mol. The fraction of sp³-hybridized carbons (Fsp3) is 0.375. The van der Waals surface area contributed by atoms with Crippen LogP contribution in [0.2, 0.25) is 5.02 Å². The van der Waals surface area contributed by atoms with Gasteiger partial charge < -0.3 is 10.2 Å². The van der Waals surface area contributed by atoms with Gasteiger partial charge in [0.25, 0.3) is 10.0 Å². The number of nitrogens with one attached hydrogen (secondary N) is 1. The zero-order valence-corrected chi connectivity index (χ0v) is 26.2. The van der Waals surface area contributed by atoms with E-state index in [2.05, 4.69) is 5.32 Å². The van der Waals surface area contributed by atoms with Crippen LogP contribution in [0.15, 0.2) is 71.6 Å². The molecule has 2 amide bonds. The van der Waals surface area contributed by atoms with E-state index in [4.69, 9.17) is 11.6 Å². The first kappa shape index (κ1) is 32.2. The third kappa shape index (κ3) is 8.11. The van der Waals surface area contributed by atoms with Gasteiger partial charge >= 0.3 is 0 Å². The minimum Gasteiger partial charge on any atom is -0.352 e. The Hall–Kier alpha value is -3.36. The van der Waals surface area contributed by atoms with Crippen LogP contribution in [-0.2, 0) is 26.2 Å². The van der Waals surface area contributed by atoms with Crippen LogP contribution in [-0.4, -0.2) is 43.8 Å². The standard InChI is InChI=1S/C32H40ClN3O4S/c1-7-25(6)34-32(38)30(8-2)35(20-26-12-9-22(3)10-13-26)31(37)21-36(28-16-11-23(4)24(5)19-28)41(39,40)29-17-14-27(33)15-18-29/h9-19,25,30H,7-8,20-21H2,1-6H3,(H,34,38)/t25-,30+/m1/s1. The van der Waals surface area contributed by atoms with E-state index in [1.807, 2.05) is 71.9 Å². The smallest absolute Gasteiger partial charge is 0.264 e. The molecular weight excluding hydrogens is 558 g/mol. The second-order valence-electron chi connectivity index (χ2n) is 10.5. The van der Waals surface area contributed by atoms with Crippen molar-refractivity contribution in [2.45, 2.75) is 77.9 Å². The first-order valence-electron chi connectivity index (χ1n) is 13.9. The molecule has 220 valence electrons. The van der Waals surface area contributed by atoms with Crippen LogP contribution in [0.5, 0.6) is 0 Å². The summed E-state index contributed by atoms with van der Waals surface area (Å²) in [5, 5.41) is 3.40. The summed E-state index contributed by atoms with van der Waals surface area (Å²) < 4.78 is 29.1. The molecule has 0 saturated heterocycles. The summed E-state index contributed by atoms with van der Waals surface area (Å²) in [5.41, 5.74) is 4.17. The lowest BCUT2D eigenvalue weighted by Crippen LogP contribution is -2.53. The predicted octanol–water partition coefficient (Wildman–Crippen LogP) is 6.18. The minimum atomic E-state index is -4.16. The van der Waals surface area contributed by atoms with Gasteiger partial charge in [-0.1, -0.05) is 61.3 Å². The Balaban J connectivity index is 2.08. The quantitative estimate of drug-likeness (QED) is 0.270. The normalized spacial score (nSPS) is 12.9. The second-order valence-corrected chi connectivity index (χ2v) is 12.8. The molecule has 0 aliphatic carbocycles. The highest BCUT2D eigenvalue weighted by molar-refractivity contribution is 7.92. The lowest BCUT2D eigenvalue weighted by atomic mass is 10.1. The summed E-state index contributed by atoms with van der Waals surface area (Å²) in [6, 6.07) is 18.0. The fourth-order valence-corrected chi connectivity index (χ4v) is 5.93. The summed E-state index contributed by atoms with van der Waals surface area (Å²) >= 11 is 6.03. The molecule has 3 rings (SSSR count). The number of sulfonamides is 1. The van der Waals surface area contributed by atoms with Crippen LogP contribution in [0, 0.1) is 20.8 Å². The Kier molecular flexibility index (Phi) is 11.0. The van der Waals surface area contributed by atoms with Crippen molar-refractivity contribution < 1.29 is 18.0 Å². The summed E-state index contributed by atoms with van der Waals surface area (Å²) in [4.78, 5) is 29.0. The van der Waals surface area contributed by atoms with Crippen molar-refractivity contribution in [3.05, 3.63) is 94.0 Å². The number of hydrogen-bond acceptors (Lipinski definition) is 4. The maximum atomic E-state index is 14.2. The Morgan fingerprint density at radius 1 is 0.878 bits per heavy atom. The lowest BCUT2D eigenvalue weighted by Gasteiger charge is -2.34. The highest BCUT2D eigenvalue weighted by Gasteiger charge is 2.34. The molecule has 7 nitrogen and oxygen atoms in total. The molecule has 3 aromatic rings. The summed E-state index contributed by atoms with van der Waals surface area (Å²) in [5.74, 6) is -0.743. The molecule has 3 aromatic carbocycles. The summed E-state index contributed by atoms with van der Waals surface area (Å²) in [7, 11) is -4.16. The van der Waals surface area contributed by atoms with E-state index >= 15 is 0 Å². The van der Waals surface area contributed by atoms with Gasteiger partial charge in [0.05, 0.1) is 10.6 Å². The highest BCUT2D eigenvalue weighted by Crippen LogP contribution is 2.27. The molecule has 0 heterocycles. The molecule has 0 spiro atoms. The van der Waals surface area contributed by atoms with Crippen molar-refractivity contribution in [2.75, 3.05) is 10.8 Å². The molecule has 0 unspecified atom stereocenters. The van der Waals surface area contributed by atoms with Gasteiger partial charge in [-0.15, -0.1) is 0 Å². The summed E-state index contributed by atoms with van der Waals surface area (Å²) in [6.07, 6.45) is 1.11. The van der Waals surface area contributed by atoms with Gasteiger partial charge in [0.2, 0.25) is 11.8 Å². The van der Waals surface area contributed by atoms with Crippen molar-refractivity contribution in [3.8, 4) is 0 Å². The number of benzene rings is 3. The first-order chi connectivity index (χ1) is 19.4. The number of carbonyl (C=O) groups is 2. The molecule has 9 heteroatoms. The van der Waals surface area contributed by atoms with E-state index in [1.165, 1.54) is 29.2 Å². The van der Waals surface area contributed by atoms with Crippen LogP contribution in [0.1, 0.15) is 55.9 Å². The molecule has 0 saturated carbocycles. The van der Waals surface area contributed by atoms with Gasteiger partial charge in [-0.25, -0.2) is 8.42 Å². The van der Waals surface area contributed by atoms with Crippen LogP contribution in [0.4, 0.5) is 5.69 Å². The van der Waals surface area contributed by atoms with Gasteiger partial charge in [0.15, 0.2) is 0 Å². The molecule has 2 atom stereocenters. The molecule has 41 heavy (non-hydrogen) atoms. The third-order valence-corrected chi connectivity index (χ3v) is 9.36. The Morgan fingerprint density at radius 2 is 1.51 bits per heavy atom. The van der Waals surface area contributed by atoms with Crippen molar-refractivity contribution in [3.63, 3.8) is 0 Å². The zero-order chi connectivity index (χ0) is 30.3. The predicted molar refractivity (Wildman–Crippen MR) is 166 cm³/mol. The SMILES string of the molecule is CC[C@@H](C)NC(=O)[C@H](CC)N(Cc1ccc(C)cc1)C(=O)CN(c1ccc(C)c(C)c1)S(=O)(=O)c1ccc(Cl)cc1. The number of halogens is 1. The number of carbonyl (C=O) groups excluding carboxylic acids is 2. The molecule has 0 radical (unpaired) electrons.